The molecule has 11 heteroatoms. The van der Waals surface area contributed by atoms with E-state index in [9.17, 15) is 24.5 Å². The number of halogens is 1. The summed E-state index contributed by atoms with van der Waals surface area (Å²) in [6, 6.07) is 3.95. The molecule has 0 bridgehead atoms. The first kappa shape index (κ1) is 26.2. The third-order valence-corrected chi connectivity index (χ3v) is 5.87. The first-order chi connectivity index (χ1) is 16.6. The van der Waals surface area contributed by atoms with Crippen molar-refractivity contribution in [2.45, 2.75) is 51.9 Å². The number of aliphatic hydroxyl groups is 3. The van der Waals surface area contributed by atoms with Crippen LogP contribution in [0, 0.1) is 12.7 Å². The van der Waals surface area contributed by atoms with E-state index in [0.717, 1.165) is 0 Å². The molecule has 3 rings (SSSR count). The lowest BCUT2D eigenvalue weighted by Crippen LogP contribution is -2.60. The number of nitrogens with two attached hydrogens (primary N) is 1. The summed E-state index contributed by atoms with van der Waals surface area (Å²) in [7, 11) is 0. The number of aliphatic imine (C=N–C) groups is 1. The lowest BCUT2D eigenvalue weighted by Gasteiger charge is -2.45. The minimum Gasteiger partial charge on any atom is -0.394 e. The summed E-state index contributed by atoms with van der Waals surface area (Å²) in [6.45, 7) is 4.03. The quantitative estimate of drug-likeness (QED) is 0.332. The number of hydrogen-bond acceptors (Lipinski definition) is 9. The summed E-state index contributed by atoms with van der Waals surface area (Å²) in [4.78, 5) is 27.5. The van der Waals surface area contributed by atoms with Gasteiger partial charge in [-0.3, -0.25) is 4.79 Å². The van der Waals surface area contributed by atoms with Crippen molar-refractivity contribution in [2.75, 3.05) is 18.5 Å². The number of carbonyl (C=O) groups is 1. The Morgan fingerprint density at radius 2 is 2.00 bits per heavy atom. The van der Waals surface area contributed by atoms with E-state index >= 15 is 0 Å². The van der Waals surface area contributed by atoms with Crippen molar-refractivity contribution in [1.82, 2.24) is 14.9 Å². The Morgan fingerprint density at radius 3 is 2.63 bits per heavy atom. The van der Waals surface area contributed by atoms with Gasteiger partial charge in [-0.15, -0.1) is 0 Å². The van der Waals surface area contributed by atoms with Crippen molar-refractivity contribution >= 4 is 23.9 Å². The lowest BCUT2D eigenvalue weighted by atomic mass is 9.84. The molecule has 2 aromatic rings. The van der Waals surface area contributed by atoms with Crippen LogP contribution in [-0.4, -0.2) is 67.1 Å². The second-order valence-electron chi connectivity index (χ2n) is 8.88. The molecule has 1 aliphatic heterocycles. The number of rotatable bonds is 9. The molecule has 0 fully saturated rings. The van der Waals surface area contributed by atoms with E-state index in [1.165, 1.54) is 29.3 Å². The number of anilines is 1. The number of aliphatic hydroxyl groups excluding tert-OH is 3. The maximum atomic E-state index is 13.9. The standard InChI is InChI=1S/C24H31FN6O4/c1-14(2)29-23-28-8-15(3)21(30-23)27-9-18-7-24(12-33,13-34)31(22(35)20(18)26)10-17-6-19(25)5-4-16(17)11-32/h4-6,8-9,14,32-34H,7,10-13,26H2,1-3H3,(H,28,29,30). The molecule has 0 spiro atoms. The van der Waals surface area contributed by atoms with Crippen LogP contribution in [0.15, 0.2) is 40.7 Å². The van der Waals surface area contributed by atoms with Gasteiger partial charge in [0.15, 0.2) is 5.82 Å². The predicted octanol–water partition coefficient (Wildman–Crippen LogP) is 1.31. The monoisotopic (exact) mass is 486 g/mol. The van der Waals surface area contributed by atoms with Crippen LogP contribution in [0.25, 0.3) is 0 Å². The van der Waals surface area contributed by atoms with Gasteiger partial charge < -0.3 is 31.3 Å². The number of aromatic nitrogens is 2. The molecule has 0 atom stereocenters. The van der Waals surface area contributed by atoms with Crippen LogP contribution in [0.2, 0.25) is 0 Å². The number of amides is 1. The highest BCUT2D eigenvalue weighted by Crippen LogP contribution is 2.33. The maximum Gasteiger partial charge on any atom is 0.270 e. The van der Waals surface area contributed by atoms with E-state index in [2.05, 4.69) is 20.3 Å². The van der Waals surface area contributed by atoms with Gasteiger partial charge in [0, 0.05) is 42.6 Å². The van der Waals surface area contributed by atoms with Crippen LogP contribution in [0.1, 0.15) is 37.0 Å². The van der Waals surface area contributed by atoms with Gasteiger partial charge in [0.05, 0.1) is 25.4 Å². The Hall–Kier alpha value is -3.41. The molecule has 188 valence electrons. The Kier molecular flexibility index (Phi) is 8.15. The fourth-order valence-corrected chi connectivity index (χ4v) is 3.83. The van der Waals surface area contributed by atoms with E-state index in [4.69, 9.17) is 5.73 Å². The van der Waals surface area contributed by atoms with Crippen LogP contribution in [0.3, 0.4) is 0 Å². The zero-order valence-corrected chi connectivity index (χ0v) is 20.0. The molecule has 1 aromatic heterocycles. The molecule has 1 amide bonds. The average Bonchev–Trinajstić information content (AvgIpc) is 2.83. The normalized spacial score (nSPS) is 16.0. The van der Waals surface area contributed by atoms with Crippen LogP contribution in [0.4, 0.5) is 16.2 Å². The summed E-state index contributed by atoms with van der Waals surface area (Å²) >= 11 is 0. The minimum absolute atomic E-state index is 0.00603. The molecule has 1 aromatic carbocycles. The fraction of sp³-hybridized carbons (Fsp3) is 0.417. The average molecular weight is 487 g/mol. The van der Waals surface area contributed by atoms with E-state index in [0.29, 0.717) is 34.0 Å². The van der Waals surface area contributed by atoms with Crippen molar-refractivity contribution in [2.24, 2.45) is 10.7 Å². The lowest BCUT2D eigenvalue weighted by molar-refractivity contribution is -0.141. The van der Waals surface area contributed by atoms with Gasteiger partial charge in [0.25, 0.3) is 5.91 Å². The molecule has 6 N–H and O–H groups in total. The molecule has 2 heterocycles. The van der Waals surface area contributed by atoms with Crippen molar-refractivity contribution in [3.8, 4) is 0 Å². The van der Waals surface area contributed by atoms with E-state index in [-0.39, 0.29) is 31.3 Å². The minimum atomic E-state index is -1.41. The zero-order chi connectivity index (χ0) is 25.8. The predicted molar refractivity (Wildman–Crippen MR) is 129 cm³/mol. The maximum absolute atomic E-state index is 13.9. The summed E-state index contributed by atoms with van der Waals surface area (Å²) in [5.41, 5.74) is 6.44. The first-order valence-corrected chi connectivity index (χ1v) is 11.2. The van der Waals surface area contributed by atoms with Gasteiger partial charge in [-0.1, -0.05) is 6.07 Å². The van der Waals surface area contributed by atoms with E-state index in [1.807, 2.05) is 13.8 Å². The Balaban J connectivity index is 1.97. The third-order valence-electron chi connectivity index (χ3n) is 5.87. The Labute approximate surface area is 203 Å². The largest absolute Gasteiger partial charge is 0.394 e. The van der Waals surface area contributed by atoms with E-state index < -0.39 is 30.5 Å². The summed E-state index contributed by atoms with van der Waals surface area (Å²) in [6.07, 6.45) is 3.03. The second kappa shape index (κ2) is 10.9. The third kappa shape index (κ3) is 5.64. The fourth-order valence-electron chi connectivity index (χ4n) is 3.83. The van der Waals surface area contributed by atoms with E-state index in [1.54, 1.807) is 13.1 Å². The number of carbonyl (C=O) groups excluding carboxylic acids is 1. The molecular formula is C24H31FN6O4. The highest BCUT2D eigenvalue weighted by molar-refractivity contribution is 6.01. The molecule has 35 heavy (non-hydrogen) atoms. The number of nitrogens with zero attached hydrogens (tertiary/aromatic N) is 4. The van der Waals surface area contributed by atoms with Crippen molar-refractivity contribution in [3.63, 3.8) is 0 Å². The first-order valence-electron chi connectivity index (χ1n) is 11.2. The molecule has 0 unspecified atom stereocenters. The van der Waals surface area contributed by atoms with Gasteiger partial charge >= 0.3 is 0 Å². The molecule has 0 radical (unpaired) electrons. The smallest absolute Gasteiger partial charge is 0.270 e. The van der Waals surface area contributed by atoms with Crippen LogP contribution in [0.5, 0.6) is 0 Å². The molecule has 1 aliphatic rings. The Morgan fingerprint density at radius 1 is 1.29 bits per heavy atom. The van der Waals surface area contributed by atoms with Crippen molar-refractivity contribution in [3.05, 3.63) is 58.2 Å². The highest BCUT2D eigenvalue weighted by atomic mass is 19.1. The molecule has 0 saturated heterocycles. The molecule has 0 saturated carbocycles. The number of nitrogens with one attached hydrogen (secondary N) is 1. The molecule has 0 aliphatic carbocycles. The number of benzene rings is 1. The van der Waals surface area contributed by atoms with Gasteiger partial charge in [-0.25, -0.2) is 14.4 Å². The van der Waals surface area contributed by atoms with Gasteiger partial charge in [0.2, 0.25) is 5.95 Å². The van der Waals surface area contributed by atoms with Crippen molar-refractivity contribution < 1.29 is 24.5 Å². The SMILES string of the molecule is Cc1cnc(NC(C)C)nc1N=CC1=C(N)C(=O)N(Cc2cc(F)ccc2CO)C(CO)(CO)C1. The number of hydrogen-bond donors (Lipinski definition) is 5. The topological polar surface area (TPSA) is 157 Å². The summed E-state index contributed by atoms with van der Waals surface area (Å²) in [5, 5.41) is 33.2. The van der Waals surface area contributed by atoms with Gasteiger partial charge in [0.1, 0.15) is 11.5 Å². The summed E-state index contributed by atoms with van der Waals surface area (Å²) < 4.78 is 13.9. The highest BCUT2D eigenvalue weighted by Gasteiger charge is 2.44. The molecular weight excluding hydrogens is 455 g/mol. The number of aryl methyl sites for hydroxylation is 1. The van der Waals surface area contributed by atoms with Crippen LogP contribution in [-0.2, 0) is 17.9 Å². The second-order valence-corrected chi connectivity index (χ2v) is 8.88. The van der Waals surface area contributed by atoms with Gasteiger partial charge in [-0.2, -0.15) is 4.98 Å². The Bertz CT molecular complexity index is 1150. The van der Waals surface area contributed by atoms with Gasteiger partial charge in [-0.05, 0) is 44.0 Å². The van der Waals surface area contributed by atoms with Crippen LogP contribution >= 0.6 is 0 Å². The zero-order valence-electron chi connectivity index (χ0n) is 20.0. The van der Waals surface area contributed by atoms with Crippen molar-refractivity contribution in [1.29, 1.82) is 0 Å². The molecule has 10 nitrogen and oxygen atoms in total. The summed E-state index contributed by atoms with van der Waals surface area (Å²) in [5.74, 6) is -0.400. The van der Waals surface area contributed by atoms with Crippen LogP contribution < -0.4 is 11.1 Å².